The highest BCUT2D eigenvalue weighted by molar-refractivity contribution is 6.02. The fraction of sp³-hybridized carbons (Fsp3) is 0.0500. The zero-order chi connectivity index (χ0) is 18.8. The largest absolute Gasteiger partial charge is 0.497 e. The number of carbonyl (C=O) groups excluding carboxylic acids is 1. The molecule has 0 fully saturated rings. The van der Waals surface area contributed by atoms with Crippen molar-refractivity contribution in [1.29, 1.82) is 0 Å². The molecule has 0 spiro atoms. The average molecular weight is 362 g/mol. The normalized spacial score (nSPS) is 10.7. The summed E-state index contributed by atoms with van der Waals surface area (Å²) in [6.45, 7) is 0. The third-order valence-corrected chi connectivity index (χ3v) is 4.20. The Kier molecular flexibility index (Phi) is 4.18. The minimum atomic E-state index is -0.760. The molecule has 0 saturated carbocycles. The van der Waals surface area contributed by atoms with Crippen molar-refractivity contribution in [3.8, 4) is 11.4 Å². The molecule has 4 rings (SSSR count). The van der Waals surface area contributed by atoms with Gasteiger partial charge in [-0.2, -0.15) is 0 Å². The maximum Gasteiger partial charge on any atom is 0.441 e. The van der Waals surface area contributed by atoms with Gasteiger partial charge in [-0.3, -0.25) is 9.32 Å². The van der Waals surface area contributed by atoms with E-state index in [0.717, 1.165) is 10.8 Å². The Labute approximate surface area is 153 Å². The second kappa shape index (κ2) is 6.80. The number of anilines is 1. The van der Waals surface area contributed by atoms with Crippen molar-refractivity contribution in [3.63, 3.8) is 0 Å². The highest BCUT2D eigenvalue weighted by Crippen LogP contribution is 2.19. The van der Waals surface area contributed by atoms with Crippen LogP contribution in [0, 0.1) is 0 Å². The van der Waals surface area contributed by atoms with Gasteiger partial charge in [-0.15, -0.1) is 0 Å². The first kappa shape index (κ1) is 16.6. The molecule has 0 atom stereocenters. The smallest absolute Gasteiger partial charge is 0.441 e. The number of fused-ring (bicyclic) bond motifs is 1. The number of methoxy groups -OCH3 is 1. The van der Waals surface area contributed by atoms with E-state index in [1.807, 2.05) is 36.4 Å². The van der Waals surface area contributed by atoms with E-state index in [1.165, 1.54) is 4.68 Å². The van der Waals surface area contributed by atoms with Gasteiger partial charge in [0.2, 0.25) is 5.69 Å². The number of hydrogen-bond acceptors (Lipinski definition) is 4. The van der Waals surface area contributed by atoms with Crippen LogP contribution < -0.4 is 20.4 Å². The van der Waals surface area contributed by atoms with E-state index in [-0.39, 0.29) is 5.69 Å². The predicted octanol–water partition coefficient (Wildman–Crippen LogP) is 2.66. The fourth-order valence-electron chi connectivity index (χ4n) is 2.84. The summed E-state index contributed by atoms with van der Waals surface area (Å²) in [5.74, 6) is 0.0865. The summed E-state index contributed by atoms with van der Waals surface area (Å²) in [6, 6.07) is 20.2. The van der Waals surface area contributed by atoms with Gasteiger partial charge in [0.05, 0.1) is 7.11 Å². The third-order valence-electron chi connectivity index (χ3n) is 4.20. The standard InChI is InChI=1S/C20H15N3O4/c1-26-17-10-8-16(9-11-17)23-18(20(25)27-22-23)19(24)21-15-7-6-13-4-2-3-5-14(13)12-15/h2-12H,1H3,(H-,21,22,24,25)/p+1. The van der Waals surface area contributed by atoms with Crippen LogP contribution >= 0.6 is 0 Å². The Hall–Kier alpha value is -3.87. The molecule has 0 saturated heterocycles. The monoisotopic (exact) mass is 362 g/mol. The first-order chi connectivity index (χ1) is 13.2. The zero-order valence-electron chi connectivity index (χ0n) is 14.4. The number of aromatic amines is 1. The van der Waals surface area contributed by atoms with E-state index in [9.17, 15) is 9.59 Å². The van der Waals surface area contributed by atoms with Gasteiger partial charge in [0, 0.05) is 17.8 Å². The van der Waals surface area contributed by atoms with Gasteiger partial charge in [0.15, 0.2) is 0 Å². The summed E-state index contributed by atoms with van der Waals surface area (Å²) < 4.78 is 11.2. The summed E-state index contributed by atoms with van der Waals surface area (Å²) in [4.78, 5) is 24.8. The Balaban J connectivity index is 1.66. The van der Waals surface area contributed by atoms with Crippen molar-refractivity contribution >= 4 is 22.4 Å². The van der Waals surface area contributed by atoms with E-state index in [0.29, 0.717) is 17.1 Å². The molecule has 0 aliphatic heterocycles. The molecule has 1 amide bonds. The number of rotatable bonds is 4. The van der Waals surface area contributed by atoms with E-state index < -0.39 is 11.5 Å². The molecule has 1 heterocycles. The molecule has 0 radical (unpaired) electrons. The highest BCUT2D eigenvalue weighted by Gasteiger charge is 2.30. The van der Waals surface area contributed by atoms with Gasteiger partial charge in [0.25, 0.3) is 0 Å². The molecule has 7 nitrogen and oxygen atoms in total. The summed E-state index contributed by atoms with van der Waals surface area (Å²) in [6.07, 6.45) is 0. The van der Waals surface area contributed by atoms with Crippen LogP contribution in [0.2, 0.25) is 0 Å². The van der Waals surface area contributed by atoms with Crippen molar-refractivity contribution in [1.82, 2.24) is 5.27 Å². The van der Waals surface area contributed by atoms with Crippen LogP contribution in [0.1, 0.15) is 10.5 Å². The average Bonchev–Trinajstić information content (AvgIpc) is 3.09. The molecule has 2 N–H and O–H groups in total. The summed E-state index contributed by atoms with van der Waals surface area (Å²) in [5, 5.41) is 7.24. The van der Waals surface area contributed by atoms with Crippen LogP contribution in [0.3, 0.4) is 0 Å². The molecule has 4 aromatic rings. The topological polar surface area (TPSA) is 88.2 Å². The molecule has 0 bridgehead atoms. The van der Waals surface area contributed by atoms with E-state index >= 15 is 0 Å². The summed E-state index contributed by atoms with van der Waals surface area (Å²) >= 11 is 0. The number of nitrogens with one attached hydrogen (secondary N) is 2. The van der Waals surface area contributed by atoms with Gasteiger partial charge in [-0.1, -0.05) is 30.3 Å². The molecular formula is C20H16N3O4+. The van der Waals surface area contributed by atoms with Gasteiger partial charge in [0.1, 0.15) is 5.75 Å². The SMILES string of the molecule is COc1ccc(-[n+]2[nH]oc(=O)c2C(=O)Nc2ccc3ccccc3c2)cc1. The molecule has 0 aliphatic carbocycles. The molecular weight excluding hydrogens is 346 g/mol. The van der Waals surface area contributed by atoms with Crippen molar-refractivity contribution in [3.05, 3.63) is 82.8 Å². The molecule has 7 heteroatoms. The van der Waals surface area contributed by atoms with Crippen LogP contribution in [0.25, 0.3) is 16.5 Å². The van der Waals surface area contributed by atoms with Crippen molar-refractivity contribution in [2.24, 2.45) is 0 Å². The van der Waals surface area contributed by atoms with Gasteiger partial charge in [-0.25, -0.2) is 4.79 Å². The van der Waals surface area contributed by atoms with Gasteiger partial charge < -0.3 is 10.1 Å². The maximum atomic E-state index is 12.7. The Morgan fingerprint density at radius 2 is 1.78 bits per heavy atom. The lowest BCUT2D eigenvalue weighted by Gasteiger charge is -2.04. The number of carbonyl (C=O) groups is 1. The van der Waals surface area contributed by atoms with E-state index in [4.69, 9.17) is 9.26 Å². The Bertz CT molecular complexity index is 1180. The van der Waals surface area contributed by atoms with Crippen LogP contribution in [-0.4, -0.2) is 18.3 Å². The highest BCUT2D eigenvalue weighted by atomic mass is 16.5. The van der Waals surface area contributed by atoms with Gasteiger partial charge in [-0.05, 0) is 45.0 Å². The van der Waals surface area contributed by atoms with Crippen molar-refractivity contribution in [2.45, 2.75) is 0 Å². The van der Waals surface area contributed by atoms with Crippen molar-refractivity contribution in [2.75, 3.05) is 12.4 Å². The number of hydrogen-bond donors (Lipinski definition) is 2. The maximum absolute atomic E-state index is 12.7. The van der Waals surface area contributed by atoms with E-state index in [1.54, 1.807) is 37.4 Å². The van der Waals surface area contributed by atoms with E-state index in [2.05, 4.69) is 10.6 Å². The third kappa shape index (κ3) is 3.18. The zero-order valence-corrected chi connectivity index (χ0v) is 14.4. The Morgan fingerprint density at radius 3 is 2.52 bits per heavy atom. The number of ether oxygens (including phenoxy) is 1. The lowest BCUT2D eigenvalue weighted by atomic mass is 10.1. The second-order valence-electron chi connectivity index (χ2n) is 5.88. The predicted molar refractivity (Wildman–Crippen MR) is 99.3 cm³/mol. The minimum Gasteiger partial charge on any atom is -0.497 e. The van der Waals surface area contributed by atoms with Crippen LogP contribution in [-0.2, 0) is 0 Å². The first-order valence-electron chi connectivity index (χ1n) is 8.24. The van der Waals surface area contributed by atoms with Crippen molar-refractivity contribution < 1.29 is 18.7 Å². The molecule has 27 heavy (non-hydrogen) atoms. The van der Waals surface area contributed by atoms with Crippen LogP contribution in [0.5, 0.6) is 5.75 Å². The first-order valence-corrected chi connectivity index (χ1v) is 8.24. The number of nitrogens with zero attached hydrogens (tertiary/aromatic N) is 1. The number of benzene rings is 3. The van der Waals surface area contributed by atoms with Gasteiger partial charge >= 0.3 is 17.2 Å². The summed E-state index contributed by atoms with van der Waals surface area (Å²) in [5.41, 5.74) is 0.225. The summed E-state index contributed by atoms with van der Waals surface area (Å²) in [7, 11) is 1.56. The number of amides is 1. The molecule has 134 valence electrons. The lowest BCUT2D eigenvalue weighted by Crippen LogP contribution is -2.42. The van der Waals surface area contributed by atoms with Crippen LogP contribution in [0.15, 0.2) is 76.0 Å². The number of H-pyrrole nitrogens is 1. The van der Waals surface area contributed by atoms with Crippen LogP contribution in [0.4, 0.5) is 5.69 Å². The molecule has 0 unspecified atom stereocenters. The minimum absolute atomic E-state index is 0.159. The second-order valence-corrected chi connectivity index (χ2v) is 5.88. The molecule has 1 aromatic heterocycles. The molecule has 0 aliphatic rings. The quantitative estimate of drug-likeness (QED) is 0.546. The lowest BCUT2D eigenvalue weighted by molar-refractivity contribution is -0.672. The molecule has 3 aromatic carbocycles. The number of aromatic nitrogens is 2. The Morgan fingerprint density at radius 1 is 1.04 bits per heavy atom. The fourth-order valence-corrected chi connectivity index (χ4v) is 2.84.